The molecule has 1 aromatic rings. The Labute approximate surface area is 117 Å². The van der Waals surface area contributed by atoms with Crippen LogP contribution in [0, 0.1) is 10.1 Å². The van der Waals surface area contributed by atoms with Gasteiger partial charge < -0.3 is 15.7 Å². The Bertz CT molecular complexity index is 481. The highest BCUT2D eigenvalue weighted by Gasteiger charge is 2.25. The van der Waals surface area contributed by atoms with Gasteiger partial charge in [-0.05, 0) is 18.9 Å². The minimum atomic E-state index is -0.489. The van der Waals surface area contributed by atoms with E-state index < -0.39 is 11.0 Å². The quantitative estimate of drug-likeness (QED) is 0.444. The summed E-state index contributed by atoms with van der Waals surface area (Å²) < 4.78 is 0. The molecule has 110 valence electrons. The molecule has 1 fully saturated rings. The Morgan fingerprint density at radius 1 is 1.35 bits per heavy atom. The first-order chi connectivity index (χ1) is 9.61. The van der Waals surface area contributed by atoms with Crippen LogP contribution in [-0.4, -0.2) is 34.2 Å². The lowest BCUT2D eigenvalue weighted by Gasteiger charge is -2.22. The van der Waals surface area contributed by atoms with Gasteiger partial charge in [-0.2, -0.15) is 0 Å². The first-order valence-electron chi connectivity index (χ1n) is 6.89. The molecule has 1 heterocycles. The molecular weight excluding hydrogens is 260 g/mol. The first kappa shape index (κ1) is 14.5. The van der Waals surface area contributed by atoms with Crippen LogP contribution < -0.4 is 10.6 Å². The summed E-state index contributed by atoms with van der Waals surface area (Å²) in [6, 6.07) is 2.80. The molecule has 0 radical (unpaired) electrons. The zero-order valence-electron chi connectivity index (χ0n) is 11.5. The number of aliphatic hydroxyl groups excluding tert-OH is 1. The third-order valence-corrected chi connectivity index (χ3v) is 3.63. The Hall–Kier alpha value is -1.89. The highest BCUT2D eigenvalue weighted by Crippen LogP contribution is 2.27. The number of nitrogens with one attached hydrogen (secondary N) is 2. The summed E-state index contributed by atoms with van der Waals surface area (Å²) in [7, 11) is 1.71. The van der Waals surface area contributed by atoms with Crippen LogP contribution in [0.2, 0.25) is 0 Å². The topological polar surface area (TPSA) is 100 Å². The van der Waals surface area contributed by atoms with E-state index in [1.807, 2.05) is 0 Å². The molecule has 2 unspecified atom stereocenters. The fraction of sp³-hybridized carbons (Fsp3) is 0.615. The van der Waals surface area contributed by atoms with Crippen molar-refractivity contribution in [2.75, 3.05) is 17.7 Å². The molecule has 2 atom stereocenters. The van der Waals surface area contributed by atoms with Crippen molar-refractivity contribution in [3.8, 4) is 0 Å². The van der Waals surface area contributed by atoms with Gasteiger partial charge in [0.05, 0.1) is 17.1 Å². The van der Waals surface area contributed by atoms with Crippen LogP contribution in [0.1, 0.15) is 32.1 Å². The molecule has 2 rings (SSSR count). The van der Waals surface area contributed by atoms with Crippen LogP contribution in [-0.2, 0) is 0 Å². The maximum Gasteiger partial charge on any atom is 0.311 e. The number of anilines is 2. The molecule has 7 heteroatoms. The van der Waals surface area contributed by atoms with Gasteiger partial charge in [-0.3, -0.25) is 10.1 Å². The van der Waals surface area contributed by atoms with Crippen molar-refractivity contribution in [2.24, 2.45) is 0 Å². The van der Waals surface area contributed by atoms with Crippen molar-refractivity contribution in [2.45, 2.75) is 44.2 Å². The number of aromatic nitrogens is 1. The van der Waals surface area contributed by atoms with E-state index in [-0.39, 0.29) is 17.5 Å². The molecule has 1 aliphatic carbocycles. The number of hydrogen-bond acceptors (Lipinski definition) is 6. The van der Waals surface area contributed by atoms with Gasteiger partial charge >= 0.3 is 5.69 Å². The molecule has 0 amide bonds. The molecule has 0 saturated heterocycles. The van der Waals surface area contributed by atoms with Crippen molar-refractivity contribution in [1.82, 2.24) is 4.98 Å². The fourth-order valence-electron chi connectivity index (χ4n) is 2.48. The summed E-state index contributed by atoms with van der Waals surface area (Å²) >= 11 is 0. The third kappa shape index (κ3) is 3.36. The summed E-state index contributed by atoms with van der Waals surface area (Å²) in [5.41, 5.74) is -0.0690. The smallest absolute Gasteiger partial charge is 0.311 e. The minimum absolute atomic E-state index is 0.0690. The average molecular weight is 280 g/mol. The Morgan fingerprint density at radius 2 is 2.10 bits per heavy atom. The number of pyridine rings is 1. The molecule has 1 saturated carbocycles. The Kier molecular flexibility index (Phi) is 4.73. The molecule has 3 N–H and O–H groups in total. The lowest BCUT2D eigenvalue weighted by Crippen LogP contribution is -2.33. The van der Waals surface area contributed by atoms with Gasteiger partial charge in [0.1, 0.15) is 5.82 Å². The maximum atomic E-state index is 11.1. The number of rotatable bonds is 4. The van der Waals surface area contributed by atoms with Crippen molar-refractivity contribution in [3.63, 3.8) is 0 Å². The van der Waals surface area contributed by atoms with Crippen LogP contribution >= 0.6 is 0 Å². The summed E-state index contributed by atoms with van der Waals surface area (Å²) in [6.07, 6.45) is 4.11. The second-order valence-electron chi connectivity index (χ2n) is 5.03. The van der Waals surface area contributed by atoms with Gasteiger partial charge in [0.15, 0.2) is 0 Å². The van der Waals surface area contributed by atoms with Crippen LogP contribution in [0.25, 0.3) is 0 Å². The van der Waals surface area contributed by atoms with Crippen LogP contribution in [0.5, 0.6) is 0 Å². The van der Waals surface area contributed by atoms with Crippen LogP contribution in [0.4, 0.5) is 17.3 Å². The Balaban J connectivity index is 2.23. The van der Waals surface area contributed by atoms with Crippen molar-refractivity contribution < 1.29 is 10.0 Å². The van der Waals surface area contributed by atoms with Crippen LogP contribution in [0.3, 0.4) is 0 Å². The Morgan fingerprint density at radius 3 is 2.80 bits per heavy atom. The number of aliphatic hydroxyl groups is 1. The van der Waals surface area contributed by atoms with Gasteiger partial charge in [0.25, 0.3) is 0 Å². The predicted octanol–water partition coefficient (Wildman–Crippen LogP) is 2.14. The van der Waals surface area contributed by atoms with Crippen molar-refractivity contribution in [1.29, 1.82) is 0 Å². The molecule has 0 aliphatic heterocycles. The van der Waals surface area contributed by atoms with Crippen molar-refractivity contribution in [3.05, 3.63) is 22.2 Å². The van der Waals surface area contributed by atoms with Crippen LogP contribution in [0.15, 0.2) is 12.1 Å². The second kappa shape index (κ2) is 6.51. The van der Waals surface area contributed by atoms with E-state index in [1.165, 1.54) is 6.07 Å². The summed E-state index contributed by atoms with van der Waals surface area (Å²) in [5, 5.41) is 27.1. The number of nitro groups is 1. The zero-order valence-corrected chi connectivity index (χ0v) is 11.5. The fourth-order valence-corrected chi connectivity index (χ4v) is 2.48. The second-order valence-corrected chi connectivity index (χ2v) is 5.03. The van der Waals surface area contributed by atoms with E-state index in [0.717, 1.165) is 32.1 Å². The average Bonchev–Trinajstić information content (AvgIpc) is 2.64. The van der Waals surface area contributed by atoms with E-state index >= 15 is 0 Å². The van der Waals surface area contributed by atoms with Gasteiger partial charge in [0, 0.05) is 13.1 Å². The molecule has 0 aromatic carbocycles. The summed E-state index contributed by atoms with van der Waals surface area (Å²) in [5.74, 6) is 0.772. The molecule has 1 aromatic heterocycles. The normalized spacial score (nSPS) is 22.9. The highest BCUT2D eigenvalue weighted by molar-refractivity contribution is 5.60. The predicted molar refractivity (Wildman–Crippen MR) is 76.9 cm³/mol. The molecule has 1 aliphatic rings. The maximum absolute atomic E-state index is 11.1. The molecule has 0 bridgehead atoms. The monoisotopic (exact) mass is 280 g/mol. The summed E-state index contributed by atoms with van der Waals surface area (Å²) in [4.78, 5) is 14.8. The lowest BCUT2D eigenvalue weighted by molar-refractivity contribution is -0.384. The number of nitrogens with zero attached hydrogens (tertiary/aromatic N) is 2. The van der Waals surface area contributed by atoms with E-state index in [2.05, 4.69) is 15.6 Å². The van der Waals surface area contributed by atoms with E-state index in [1.54, 1.807) is 13.1 Å². The van der Waals surface area contributed by atoms with Gasteiger partial charge in [-0.25, -0.2) is 4.98 Å². The van der Waals surface area contributed by atoms with E-state index in [0.29, 0.717) is 5.82 Å². The lowest BCUT2D eigenvalue weighted by atomic mass is 10.1. The zero-order chi connectivity index (χ0) is 14.5. The molecule has 0 spiro atoms. The largest absolute Gasteiger partial charge is 0.391 e. The third-order valence-electron chi connectivity index (χ3n) is 3.63. The first-order valence-corrected chi connectivity index (χ1v) is 6.89. The standard InChI is InChI=1S/C13H20N4O3/c1-14-12-8-7-10(17(19)20)13(16-12)15-9-5-3-2-4-6-11(9)18/h7-9,11,18H,2-6H2,1H3,(H2,14,15,16). The van der Waals surface area contributed by atoms with E-state index in [4.69, 9.17) is 0 Å². The number of hydrogen-bond donors (Lipinski definition) is 3. The van der Waals surface area contributed by atoms with Gasteiger partial charge in [-0.1, -0.05) is 19.3 Å². The highest BCUT2D eigenvalue weighted by atomic mass is 16.6. The minimum Gasteiger partial charge on any atom is -0.391 e. The summed E-state index contributed by atoms with van der Waals surface area (Å²) in [6.45, 7) is 0. The molecule has 20 heavy (non-hydrogen) atoms. The van der Waals surface area contributed by atoms with E-state index in [9.17, 15) is 15.2 Å². The molecular formula is C13H20N4O3. The van der Waals surface area contributed by atoms with Crippen molar-refractivity contribution >= 4 is 17.3 Å². The SMILES string of the molecule is CNc1ccc([N+](=O)[O-])c(NC2CCCCCC2O)n1. The van der Waals surface area contributed by atoms with Gasteiger partial charge in [0.2, 0.25) is 5.82 Å². The van der Waals surface area contributed by atoms with Gasteiger partial charge in [-0.15, -0.1) is 0 Å². The molecule has 7 nitrogen and oxygen atoms in total.